The fourth-order valence-electron chi connectivity index (χ4n) is 4.30. The quantitative estimate of drug-likeness (QED) is 0.670. The van der Waals surface area contributed by atoms with Crippen LogP contribution in [0.5, 0.6) is 0 Å². The van der Waals surface area contributed by atoms with Gasteiger partial charge in [-0.25, -0.2) is 9.69 Å². The van der Waals surface area contributed by atoms with Crippen LogP contribution in [0.2, 0.25) is 0 Å². The maximum Gasteiger partial charge on any atom is 0.335 e. The van der Waals surface area contributed by atoms with Gasteiger partial charge < -0.3 is 5.11 Å². The molecule has 3 aliphatic rings. The Hall–Kier alpha value is -2.43. The molecule has 0 unspecified atom stereocenters. The zero-order valence-electron chi connectivity index (χ0n) is 12.0. The number of rotatable bonds is 2. The van der Waals surface area contributed by atoms with E-state index in [9.17, 15) is 14.4 Å². The summed E-state index contributed by atoms with van der Waals surface area (Å²) >= 11 is 0. The van der Waals surface area contributed by atoms with Crippen molar-refractivity contribution in [3.8, 4) is 0 Å². The zero-order chi connectivity index (χ0) is 15.6. The van der Waals surface area contributed by atoms with Gasteiger partial charge in [0.2, 0.25) is 11.8 Å². The van der Waals surface area contributed by atoms with E-state index in [1.165, 1.54) is 29.2 Å². The molecule has 2 aliphatic carbocycles. The van der Waals surface area contributed by atoms with Crippen molar-refractivity contribution in [2.75, 3.05) is 4.90 Å². The fraction of sp³-hybridized carbons (Fsp3) is 0.353. The van der Waals surface area contributed by atoms with Crippen molar-refractivity contribution in [2.45, 2.75) is 13.3 Å². The summed E-state index contributed by atoms with van der Waals surface area (Å²) in [4.78, 5) is 37.8. The van der Waals surface area contributed by atoms with Crippen LogP contribution in [0.25, 0.3) is 0 Å². The highest BCUT2D eigenvalue weighted by Gasteiger charge is 2.67. The number of carboxylic acid groups (broad SMARTS) is 1. The Labute approximate surface area is 127 Å². The first kappa shape index (κ1) is 13.2. The number of carboxylic acids is 1. The first-order valence-electron chi connectivity index (χ1n) is 7.34. The number of aromatic carboxylic acids is 1. The van der Waals surface area contributed by atoms with Crippen LogP contribution in [0.3, 0.4) is 0 Å². The molecule has 0 radical (unpaired) electrons. The molecular formula is C17H15NO4. The number of amides is 2. The van der Waals surface area contributed by atoms with E-state index in [4.69, 9.17) is 5.11 Å². The summed E-state index contributed by atoms with van der Waals surface area (Å²) in [6, 6.07) is 5.89. The van der Waals surface area contributed by atoms with Crippen LogP contribution in [0.4, 0.5) is 5.69 Å². The van der Waals surface area contributed by atoms with Crippen LogP contribution < -0.4 is 4.90 Å². The number of hydrogen-bond acceptors (Lipinski definition) is 3. The minimum absolute atomic E-state index is 0.127. The largest absolute Gasteiger partial charge is 0.478 e. The van der Waals surface area contributed by atoms with Gasteiger partial charge in [0.15, 0.2) is 0 Å². The summed E-state index contributed by atoms with van der Waals surface area (Å²) < 4.78 is 0. The van der Waals surface area contributed by atoms with Gasteiger partial charge in [0.1, 0.15) is 0 Å². The van der Waals surface area contributed by atoms with E-state index in [1.807, 2.05) is 6.92 Å². The average Bonchev–Trinajstić information content (AvgIpc) is 3.12. The monoisotopic (exact) mass is 297 g/mol. The number of carbonyl (C=O) groups is 3. The van der Waals surface area contributed by atoms with Crippen LogP contribution in [-0.2, 0) is 9.59 Å². The smallest absolute Gasteiger partial charge is 0.335 e. The summed E-state index contributed by atoms with van der Waals surface area (Å²) in [5, 5.41) is 8.94. The Morgan fingerprint density at radius 3 is 2.50 bits per heavy atom. The van der Waals surface area contributed by atoms with Gasteiger partial charge in [-0.2, -0.15) is 0 Å². The number of fused-ring (bicyclic) bond motifs is 5. The summed E-state index contributed by atoms with van der Waals surface area (Å²) in [6.45, 7) is 1.89. The van der Waals surface area contributed by atoms with Crippen molar-refractivity contribution >= 4 is 23.5 Å². The molecule has 2 amide bonds. The fourth-order valence-corrected chi connectivity index (χ4v) is 4.30. The van der Waals surface area contributed by atoms with E-state index in [-0.39, 0.29) is 35.1 Å². The normalized spacial score (nSPS) is 35.3. The zero-order valence-corrected chi connectivity index (χ0v) is 12.0. The van der Waals surface area contributed by atoms with Gasteiger partial charge >= 0.3 is 5.97 Å². The van der Waals surface area contributed by atoms with E-state index in [1.54, 1.807) is 0 Å². The first-order valence-corrected chi connectivity index (χ1v) is 7.34. The van der Waals surface area contributed by atoms with Crippen molar-refractivity contribution in [3.05, 3.63) is 42.0 Å². The standard InChI is InChI=1S/C17H15NO4/c1-17-11-5-2-10(8-11)13(17)14(19)18(16(17)22)12-6-3-9(4-7-12)15(20)21/h2-7,10-11,13H,8H2,1H3,(H,20,21)/t10-,11-,13-,17+/m0/s1. The third-order valence-electron chi connectivity index (χ3n) is 5.48. The van der Waals surface area contributed by atoms with Gasteiger partial charge in [0.05, 0.1) is 22.6 Å². The minimum atomic E-state index is -1.03. The van der Waals surface area contributed by atoms with Crippen LogP contribution in [0, 0.1) is 23.2 Å². The molecule has 1 saturated carbocycles. The second kappa shape index (κ2) is 4.06. The van der Waals surface area contributed by atoms with Crippen molar-refractivity contribution in [1.29, 1.82) is 0 Å². The highest BCUT2D eigenvalue weighted by molar-refractivity contribution is 6.24. The molecule has 1 aliphatic heterocycles. The summed E-state index contributed by atoms with van der Waals surface area (Å²) in [5.41, 5.74) is -0.0619. The Bertz CT molecular complexity index is 736. The number of hydrogen-bond donors (Lipinski definition) is 1. The lowest BCUT2D eigenvalue weighted by Gasteiger charge is -2.28. The van der Waals surface area contributed by atoms with Crippen LogP contribution in [-0.4, -0.2) is 22.9 Å². The summed E-state index contributed by atoms with van der Waals surface area (Å²) in [6.07, 6.45) is 4.99. The van der Waals surface area contributed by atoms with Gasteiger partial charge in [0, 0.05) is 0 Å². The topological polar surface area (TPSA) is 74.7 Å². The third-order valence-corrected chi connectivity index (χ3v) is 5.48. The molecule has 4 rings (SSSR count). The maximum atomic E-state index is 12.9. The summed E-state index contributed by atoms with van der Waals surface area (Å²) in [5.74, 6) is -1.36. The molecule has 1 saturated heterocycles. The molecule has 0 spiro atoms. The van der Waals surface area contributed by atoms with E-state index in [0.717, 1.165) is 6.42 Å². The van der Waals surface area contributed by atoms with Crippen LogP contribution >= 0.6 is 0 Å². The van der Waals surface area contributed by atoms with Crippen molar-refractivity contribution in [2.24, 2.45) is 23.2 Å². The molecule has 1 N–H and O–H groups in total. The Morgan fingerprint density at radius 1 is 1.23 bits per heavy atom. The van der Waals surface area contributed by atoms with E-state index in [0.29, 0.717) is 5.69 Å². The van der Waals surface area contributed by atoms with E-state index in [2.05, 4.69) is 12.2 Å². The second-order valence-electron chi connectivity index (χ2n) is 6.48. The van der Waals surface area contributed by atoms with Gasteiger partial charge in [-0.15, -0.1) is 0 Å². The average molecular weight is 297 g/mol. The lowest BCUT2D eigenvalue weighted by atomic mass is 9.71. The lowest BCUT2D eigenvalue weighted by Crippen LogP contribution is -2.37. The molecule has 1 aromatic rings. The number of allylic oxidation sites excluding steroid dienone is 2. The minimum Gasteiger partial charge on any atom is -0.478 e. The number of carbonyl (C=O) groups excluding carboxylic acids is 2. The van der Waals surface area contributed by atoms with Crippen molar-refractivity contribution in [1.82, 2.24) is 0 Å². The van der Waals surface area contributed by atoms with E-state index < -0.39 is 11.4 Å². The first-order chi connectivity index (χ1) is 10.4. The molecule has 2 bridgehead atoms. The third kappa shape index (κ3) is 1.41. The Kier molecular flexibility index (Phi) is 2.45. The predicted molar refractivity (Wildman–Crippen MR) is 78.2 cm³/mol. The highest BCUT2D eigenvalue weighted by Crippen LogP contribution is 2.60. The molecule has 5 heteroatoms. The molecule has 22 heavy (non-hydrogen) atoms. The molecule has 4 atom stereocenters. The maximum absolute atomic E-state index is 12.9. The SMILES string of the molecule is C[C@]12C(=O)N(c3ccc(C(=O)O)cc3)C(=O)[C@@H]1[C@H]1C=C[C@H]2C1. The molecule has 112 valence electrons. The number of anilines is 1. The van der Waals surface area contributed by atoms with Crippen LogP contribution in [0.1, 0.15) is 23.7 Å². The molecule has 2 fully saturated rings. The van der Waals surface area contributed by atoms with Gasteiger partial charge in [-0.1, -0.05) is 12.2 Å². The summed E-state index contributed by atoms with van der Waals surface area (Å²) in [7, 11) is 0. The molecule has 0 aromatic heterocycles. The molecule has 1 heterocycles. The van der Waals surface area contributed by atoms with Crippen LogP contribution in [0.15, 0.2) is 36.4 Å². The number of nitrogens with zero attached hydrogens (tertiary/aromatic N) is 1. The second-order valence-corrected chi connectivity index (χ2v) is 6.48. The van der Waals surface area contributed by atoms with Crippen molar-refractivity contribution in [3.63, 3.8) is 0 Å². The van der Waals surface area contributed by atoms with Gasteiger partial charge in [-0.3, -0.25) is 9.59 Å². The molecular weight excluding hydrogens is 282 g/mol. The van der Waals surface area contributed by atoms with Gasteiger partial charge in [-0.05, 0) is 49.4 Å². The predicted octanol–water partition coefficient (Wildman–Crippen LogP) is 2.09. The highest BCUT2D eigenvalue weighted by atomic mass is 16.4. The number of benzene rings is 1. The molecule has 5 nitrogen and oxygen atoms in total. The lowest BCUT2D eigenvalue weighted by molar-refractivity contribution is -0.127. The number of imide groups is 1. The van der Waals surface area contributed by atoms with E-state index >= 15 is 0 Å². The Morgan fingerprint density at radius 2 is 1.91 bits per heavy atom. The van der Waals surface area contributed by atoms with Crippen molar-refractivity contribution < 1.29 is 19.5 Å². The molecule has 1 aromatic carbocycles. The Balaban J connectivity index is 1.74. The van der Waals surface area contributed by atoms with Gasteiger partial charge in [0.25, 0.3) is 0 Å².